The summed E-state index contributed by atoms with van der Waals surface area (Å²) in [6, 6.07) is 87.1. The van der Waals surface area contributed by atoms with Gasteiger partial charge in [0, 0.05) is 49.4 Å². The number of halogens is 3. The van der Waals surface area contributed by atoms with Crippen LogP contribution in [0.1, 0.15) is 50.1 Å². The number of nitrogens with zero attached hydrogens (tertiary/aromatic N) is 13. The van der Waals surface area contributed by atoms with Gasteiger partial charge in [-0.1, -0.05) is 127 Å². The maximum absolute atomic E-state index is 15.8. The summed E-state index contributed by atoms with van der Waals surface area (Å²) in [4.78, 5) is 15.3. The number of fused-ring (bicyclic) bond motifs is 6. The van der Waals surface area contributed by atoms with Gasteiger partial charge in [0.25, 0.3) is 0 Å². The predicted octanol–water partition coefficient (Wildman–Crippen LogP) is 19.4. The van der Waals surface area contributed by atoms with Crippen molar-refractivity contribution in [3.63, 3.8) is 0 Å². The van der Waals surface area contributed by atoms with Gasteiger partial charge in [0.2, 0.25) is 0 Å². The van der Waals surface area contributed by atoms with E-state index in [4.69, 9.17) is 15.0 Å². The van der Waals surface area contributed by atoms with E-state index >= 15 is 13.2 Å². The molecule has 0 amide bonds. The van der Waals surface area contributed by atoms with E-state index in [0.29, 0.717) is 144 Å². The lowest BCUT2D eigenvalue weighted by Gasteiger charge is -2.21. The second-order valence-corrected chi connectivity index (χ2v) is 23.5. The van der Waals surface area contributed by atoms with E-state index in [-0.39, 0.29) is 44.9 Å². The van der Waals surface area contributed by atoms with E-state index in [2.05, 4.69) is 48.6 Å². The largest absolute Gasteiger partial charge is 0.416 e. The smallest absolute Gasteiger partial charge is 0.309 e. The molecule has 0 aliphatic rings. The molecule has 15 aromatic rings. The second kappa shape index (κ2) is 24.7. The van der Waals surface area contributed by atoms with Crippen molar-refractivity contribution in [2.24, 2.45) is 0 Å². The third-order valence-electron chi connectivity index (χ3n) is 17.9. The first-order valence-corrected chi connectivity index (χ1v) is 31.0. The molecule has 0 radical (unpaired) electrons. The molecule has 0 bridgehead atoms. The van der Waals surface area contributed by atoms with Crippen LogP contribution in [0.25, 0.3) is 145 Å². The molecule has 0 N–H and O–H groups in total. The molecular formula is C84H40F3N13. The summed E-state index contributed by atoms with van der Waals surface area (Å²) >= 11 is 0. The molecule has 12 aromatic carbocycles. The number of nitriles is 8. The van der Waals surface area contributed by atoms with E-state index in [1.165, 1.54) is 30.3 Å². The molecule has 0 aliphatic carbocycles. The first-order valence-electron chi connectivity index (χ1n) is 31.0. The van der Waals surface area contributed by atoms with Gasteiger partial charge in [-0.15, -0.1) is 0 Å². The van der Waals surface area contributed by atoms with E-state index < -0.39 is 11.7 Å². The summed E-state index contributed by atoms with van der Waals surface area (Å²) in [6.07, 6.45) is -4.86. The summed E-state index contributed by atoms with van der Waals surface area (Å²) in [6.45, 7) is 0. The Hall–Kier alpha value is -15.0. The molecule has 13 nitrogen and oxygen atoms in total. The van der Waals surface area contributed by atoms with Crippen molar-refractivity contribution in [2.75, 3.05) is 0 Å². The Labute approximate surface area is 568 Å². The Morgan fingerprint density at radius 2 is 0.550 bits per heavy atom. The minimum atomic E-state index is -4.86. The maximum atomic E-state index is 15.8. The zero-order valence-electron chi connectivity index (χ0n) is 52.0. The summed E-state index contributed by atoms with van der Waals surface area (Å²) in [5.41, 5.74) is 11.0. The summed E-state index contributed by atoms with van der Waals surface area (Å²) in [5, 5.41) is 83.9. The lowest BCUT2D eigenvalue weighted by atomic mass is 9.95. The van der Waals surface area contributed by atoms with E-state index in [1.54, 1.807) is 77.4 Å². The molecule has 0 fully saturated rings. The van der Waals surface area contributed by atoms with Gasteiger partial charge >= 0.3 is 6.18 Å². The summed E-state index contributed by atoms with van der Waals surface area (Å²) in [7, 11) is 0. The first kappa shape index (κ1) is 61.2. The van der Waals surface area contributed by atoms with Crippen molar-refractivity contribution < 1.29 is 13.2 Å². The van der Waals surface area contributed by atoms with Crippen LogP contribution in [0.3, 0.4) is 0 Å². The molecule has 16 heteroatoms. The quantitative estimate of drug-likeness (QED) is 0.125. The average molecular weight is 1290 g/mol. The van der Waals surface area contributed by atoms with Gasteiger partial charge in [-0.05, 0) is 160 Å². The molecule has 0 saturated carbocycles. The fraction of sp³-hybridized carbons (Fsp3) is 0.0119. The Kier molecular flexibility index (Phi) is 15.1. The Balaban J connectivity index is 1.06. The molecule has 15 rings (SSSR count). The number of alkyl halides is 3. The highest BCUT2D eigenvalue weighted by molar-refractivity contribution is 6.14. The van der Waals surface area contributed by atoms with Gasteiger partial charge in [-0.3, -0.25) is 0 Å². The number of benzene rings is 12. The summed E-state index contributed by atoms with van der Waals surface area (Å²) < 4.78 is 51.2. The van der Waals surface area contributed by atoms with Crippen LogP contribution in [-0.2, 0) is 6.18 Å². The highest BCUT2D eigenvalue weighted by Gasteiger charge is 2.33. The van der Waals surface area contributed by atoms with Crippen LogP contribution in [0.2, 0.25) is 0 Å². The summed E-state index contributed by atoms with van der Waals surface area (Å²) in [5.74, 6) is 1.02. The standard InChI is InChI=1S/C84H40F3N13/c85-84(86,87)64-20-26-70(80(40-64)100-77-29-18-57(67-23-13-51(43-90)33-62(67)47-94)37-73(77)74-38-58(19-30-78(74)100)68-24-14-52(44-91)34-63(68)48-95)69-25-15-59(83-97-81(53-7-3-1-4-8-53)96-82(98-83)54-9-5-2-6-10-54)39-79(69)99-75-27-16-55(65-21-11-49(41-88)31-60(65)45-92)35-71(75)72-36-56(17-28-76(72)99)66-22-12-50(42-89)32-61(66)46-93/h1-40H. The van der Waals surface area contributed by atoms with Gasteiger partial charge < -0.3 is 9.13 Å². The highest BCUT2D eigenvalue weighted by Crippen LogP contribution is 2.47. The van der Waals surface area contributed by atoms with Gasteiger partial charge in [-0.2, -0.15) is 55.3 Å². The second-order valence-electron chi connectivity index (χ2n) is 23.5. The lowest BCUT2D eigenvalue weighted by molar-refractivity contribution is -0.137. The van der Waals surface area contributed by atoms with E-state index in [1.807, 2.05) is 132 Å². The van der Waals surface area contributed by atoms with Gasteiger partial charge in [0.1, 0.15) is 0 Å². The minimum Gasteiger partial charge on any atom is -0.309 e. The lowest BCUT2D eigenvalue weighted by Crippen LogP contribution is -2.08. The molecule has 0 saturated heterocycles. The third kappa shape index (κ3) is 10.6. The SMILES string of the molecule is N#Cc1ccc(-c2ccc3c(c2)c2cc(-c4ccc(C#N)cc4C#N)ccc2n3-c2cc(-c3nc(-c4ccccc4)nc(-c4ccccc4)n3)ccc2-c2ccc(C(F)(F)F)cc2-n2c3ccc(-c4ccc(C#N)cc4C#N)cc3c3cc(-c4ccc(C#N)cc4C#N)ccc32)c(C#N)c1. The predicted molar refractivity (Wildman–Crippen MR) is 375 cm³/mol. The third-order valence-corrected chi connectivity index (χ3v) is 17.9. The van der Waals surface area contributed by atoms with Gasteiger partial charge in [0.15, 0.2) is 17.5 Å². The Bertz CT molecular complexity index is 6060. The molecule has 3 aromatic heterocycles. The van der Waals surface area contributed by atoms with Crippen molar-refractivity contribution in [1.82, 2.24) is 24.1 Å². The monoisotopic (exact) mass is 1290 g/mol. The molecule has 0 aliphatic heterocycles. The van der Waals surface area contributed by atoms with Crippen molar-refractivity contribution in [2.45, 2.75) is 6.18 Å². The van der Waals surface area contributed by atoms with Crippen LogP contribution >= 0.6 is 0 Å². The fourth-order valence-corrected chi connectivity index (χ4v) is 13.2. The Morgan fingerprint density at radius 3 is 0.860 bits per heavy atom. The normalized spacial score (nSPS) is 11.1. The molecule has 3 heterocycles. The minimum absolute atomic E-state index is 0.106. The number of aromatic nitrogens is 5. The molecule has 462 valence electrons. The van der Waals surface area contributed by atoms with Gasteiger partial charge in [0.05, 0.1) is 132 Å². The van der Waals surface area contributed by atoms with E-state index in [9.17, 15) is 42.1 Å². The zero-order chi connectivity index (χ0) is 68.9. The first-order chi connectivity index (χ1) is 48.8. The van der Waals surface area contributed by atoms with Crippen LogP contribution in [0.4, 0.5) is 13.2 Å². The molecule has 0 unspecified atom stereocenters. The topological polar surface area (TPSA) is 239 Å². The fourth-order valence-electron chi connectivity index (χ4n) is 13.2. The number of hydrogen-bond donors (Lipinski definition) is 0. The number of hydrogen-bond acceptors (Lipinski definition) is 11. The van der Waals surface area contributed by atoms with Gasteiger partial charge in [-0.25, -0.2) is 15.0 Å². The van der Waals surface area contributed by atoms with Crippen LogP contribution in [0.15, 0.2) is 243 Å². The van der Waals surface area contributed by atoms with Crippen molar-refractivity contribution >= 4 is 43.6 Å². The molecular weight excluding hydrogens is 1250 g/mol. The molecule has 0 atom stereocenters. The highest BCUT2D eigenvalue weighted by atomic mass is 19.4. The average Bonchev–Trinajstić information content (AvgIpc) is 1.54. The van der Waals surface area contributed by atoms with Crippen LogP contribution < -0.4 is 0 Å². The van der Waals surface area contributed by atoms with Crippen LogP contribution in [-0.4, -0.2) is 24.1 Å². The Morgan fingerprint density at radius 1 is 0.260 bits per heavy atom. The zero-order valence-corrected chi connectivity index (χ0v) is 52.0. The van der Waals surface area contributed by atoms with Crippen LogP contribution in [0.5, 0.6) is 0 Å². The van der Waals surface area contributed by atoms with Crippen LogP contribution in [0, 0.1) is 90.6 Å². The van der Waals surface area contributed by atoms with E-state index in [0.717, 1.165) is 12.1 Å². The molecule has 0 spiro atoms. The van der Waals surface area contributed by atoms with Crippen molar-refractivity contribution in [3.05, 3.63) is 293 Å². The molecule has 100 heavy (non-hydrogen) atoms. The van der Waals surface area contributed by atoms with Crippen molar-refractivity contribution in [1.29, 1.82) is 42.1 Å². The maximum Gasteiger partial charge on any atom is 0.416 e. The number of rotatable bonds is 10. The van der Waals surface area contributed by atoms with Crippen molar-refractivity contribution in [3.8, 4) is 150 Å².